The molecule has 2 rings (SSSR count). The molecule has 0 unspecified atom stereocenters. The Morgan fingerprint density at radius 3 is 2.87 bits per heavy atom. The molecule has 80 valence electrons. The second-order valence-electron chi connectivity index (χ2n) is 3.12. The molecule has 0 aromatic carbocycles. The molecular weight excluding hydrogens is 236 g/mol. The molecule has 0 saturated heterocycles. The van der Waals surface area contributed by atoms with E-state index < -0.39 is 9.05 Å². The highest BCUT2D eigenvalue weighted by Crippen LogP contribution is 2.20. The van der Waals surface area contributed by atoms with Crippen molar-refractivity contribution in [3.63, 3.8) is 0 Å². The third-order valence-electron chi connectivity index (χ3n) is 2.20. The zero-order valence-corrected chi connectivity index (χ0v) is 9.59. The lowest BCUT2D eigenvalue weighted by atomic mass is 10.3. The van der Waals surface area contributed by atoms with Gasteiger partial charge in [-0.1, -0.05) is 0 Å². The Balaban J connectivity index is 2.69. The first-order valence-electron chi connectivity index (χ1n) is 4.42. The van der Waals surface area contributed by atoms with Crippen molar-refractivity contribution >= 4 is 30.8 Å². The average Bonchev–Trinajstić information content (AvgIpc) is 2.58. The van der Waals surface area contributed by atoms with Gasteiger partial charge in [0, 0.05) is 35.0 Å². The van der Waals surface area contributed by atoms with Gasteiger partial charge in [-0.15, -0.1) is 0 Å². The van der Waals surface area contributed by atoms with E-state index >= 15 is 0 Å². The van der Waals surface area contributed by atoms with E-state index in [0.29, 0.717) is 0 Å². The monoisotopic (exact) mass is 244 g/mol. The Labute approximate surface area is 91.9 Å². The molecule has 0 saturated carbocycles. The van der Waals surface area contributed by atoms with E-state index in [1.165, 1.54) is 12.3 Å². The van der Waals surface area contributed by atoms with Crippen LogP contribution < -0.4 is 0 Å². The maximum Gasteiger partial charge on any atom is 0.262 e. The molecule has 0 radical (unpaired) electrons. The molecule has 0 bridgehead atoms. The first-order valence-corrected chi connectivity index (χ1v) is 6.73. The molecule has 0 aliphatic rings. The van der Waals surface area contributed by atoms with E-state index in [4.69, 9.17) is 10.7 Å². The lowest BCUT2D eigenvalue weighted by Crippen LogP contribution is -1.95. The number of fused-ring (bicyclic) bond motifs is 1. The summed E-state index contributed by atoms with van der Waals surface area (Å²) in [6.45, 7) is 2.79. The van der Waals surface area contributed by atoms with Crippen LogP contribution in [0.25, 0.3) is 11.0 Å². The van der Waals surface area contributed by atoms with Gasteiger partial charge in [-0.2, -0.15) is 0 Å². The molecule has 4 nitrogen and oxygen atoms in total. The highest BCUT2D eigenvalue weighted by atomic mass is 35.7. The summed E-state index contributed by atoms with van der Waals surface area (Å²) < 4.78 is 24.1. The van der Waals surface area contributed by atoms with E-state index in [-0.39, 0.29) is 4.90 Å². The normalized spacial score (nSPS) is 12.1. The molecule has 0 spiro atoms. The molecule has 2 aromatic heterocycles. The molecule has 0 atom stereocenters. The summed E-state index contributed by atoms with van der Waals surface area (Å²) in [7, 11) is 1.53. The van der Waals surface area contributed by atoms with Gasteiger partial charge >= 0.3 is 0 Å². The molecule has 6 heteroatoms. The van der Waals surface area contributed by atoms with Crippen molar-refractivity contribution in [2.24, 2.45) is 0 Å². The number of pyridine rings is 1. The first kappa shape index (κ1) is 10.4. The maximum absolute atomic E-state index is 11.1. The number of aryl methyl sites for hydroxylation is 1. The molecule has 0 aliphatic heterocycles. The lowest BCUT2D eigenvalue weighted by molar-refractivity contribution is 0.609. The molecule has 2 heterocycles. The Kier molecular flexibility index (Phi) is 2.44. The Hall–Kier alpha value is -1.07. The van der Waals surface area contributed by atoms with Crippen molar-refractivity contribution in [2.45, 2.75) is 18.4 Å². The standard InChI is InChI=1S/C9H9ClN2O2S/c1-2-12-4-3-7-5-8(15(10,13)14)6-11-9(7)12/h3-6H,2H2,1H3. The summed E-state index contributed by atoms with van der Waals surface area (Å²) in [6, 6.07) is 3.34. The zero-order valence-electron chi connectivity index (χ0n) is 8.01. The van der Waals surface area contributed by atoms with E-state index in [0.717, 1.165) is 17.6 Å². The van der Waals surface area contributed by atoms with Crippen LogP contribution >= 0.6 is 10.7 Å². The van der Waals surface area contributed by atoms with Crippen LogP contribution in [0.2, 0.25) is 0 Å². The van der Waals surface area contributed by atoms with Gasteiger partial charge in [0.1, 0.15) is 10.5 Å². The van der Waals surface area contributed by atoms with Crippen LogP contribution in [0.4, 0.5) is 0 Å². The minimum absolute atomic E-state index is 0.0329. The van der Waals surface area contributed by atoms with Crippen LogP contribution in [0, 0.1) is 0 Å². The van der Waals surface area contributed by atoms with Gasteiger partial charge in [0.15, 0.2) is 0 Å². The second kappa shape index (κ2) is 3.50. The minimum Gasteiger partial charge on any atom is -0.333 e. The SMILES string of the molecule is CCn1ccc2cc(S(=O)(=O)Cl)cnc21. The molecule has 0 amide bonds. The summed E-state index contributed by atoms with van der Waals surface area (Å²) in [4.78, 5) is 4.11. The Morgan fingerprint density at radius 1 is 1.53 bits per heavy atom. The lowest BCUT2D eigenvalue weighted by Gasteiger charge is -2.00. The van der Waals surface area contributed by atoms with E-state index in [2.05, 4.69) is 4.98 Å². The zero-order chi connectivity index (χ0) is 11.1. The van der Waals surface area contributed by atoms with Crippen molar-refractivity contribution in [2.75, 3.05) is 0 Å². The van der Waals surface area contributed by atoms with Crippen molar-refractivity contribution < 1.29 is 8.42 Å². The van der Waals surface area contributed by atoms with Crippen LogP contribution in [0.1, 0.15) is 6.92 Å². The van der Waals surface area contributed by atoms with Crippen LogP contribution in [-0.4, -0.2) is 18.0 Å². The van der Waals surface area contributed by atoms with Crippen molar-refractivity contribution in [1.29, 1.82) is 0 Å². The fraction of sp³-hybridized carbons (Fsp3) is 0.222. The highest BCUT2D eigenvalue weighted by molar-refractivity contribution is 8.13. The quantitative estimate of drug-likeness (QED) is 0.759. The van der Waals surface area contributed by atoms with Crippen molar-refractivity contribution in [1.82, 2.24) is 9.55 Å². The van der Waals surface area contributed by atoms with Gasteiger partial charge < -0.3 is 4.57 Å². The summed E-state index contributed by atoms with van der Waals surface area (Å²) in [6.07, 6.45) is 3.14. The molecule has 0 N–H and O–H groups in total. The number of halogens is 1. The number of aromatic nitrogens is 2. The summed E-state index contributed by atoms with van der Waals surface area (Å²) in [5.74, 6) is 0. The highest BCUT2D eigenvalue weighted by Gasteiger charge is 2.12. The largest absolute Gasteiger partial charge is 0.333 e. The smallest absolute Gasteiger partial charge is 0.262 e. The van der Waals surface area contributed by atoms with Crippen LogP contribution in [-0.2, 0) is 15.6 Å². The van der Waals surface area contributed by atoms with Crippen LogP contribution in [0.15, 0.2) is 29.4 Å². The van der Waals surface area contributed by atoms with Crippen molar-refractivity contribution in [3.05, 3.63) is 24.5 Å². The third-order valence-corrected chi connectivity index (χ3v) is 3.52. The summed E-state index contributed by atoms with van der Waals surface area (Å²) in [5.41, 5.74) is 0.765. The number of hydrogen-bond donors (Lipinski definition) is 0. The summed E-state index contributed by atoms with van der Waals surface area (Å²) in [5, 5.41) is 0.776. The first-order chi connectivity index (χ1) is 7.02. The molecule has 15 heavy (non-hydrogen) atoms. The van der Waals surface area contributed by atoms with Crippen LogP contribution in [0.3, 0.4) is 0 Å². The second-order valence-corrected chi connectivity index (χ2v) is 5.69. The minimum atomic E-state index is -3.69. The predicted molar refractivity (Wildman–Crippen MR) is 58.4 cm³/mol. The molecule has 0 fully saturated rings. The predicted octanol–water partition coefficient (Wildman–Crippen LogP) is 1.98. The molecule has 0 aliphatic carbocycles. The number of hydrogen-bond acceptors (Lipinski definition) is 3. The van der Waals surface area contributed by atoms with Gasteiger partial charge in [-0.3, -0.25) is 0 Å². The van der Waals surface area contributed by atoms with Gasteiger partial charge in [-0.05, 0) is 19.1 Å². The topological polar surface area (TPSA) is 52.0 Å². The number of nitrogens with zero attached hydrogens (tertiary/aromatic N) is 2. The van der Waals surface area contributed by atoms with Crippen molar-refractivity contribution in [3.8, 4) is 0 Å². The fourth-order valence-corrected chi connectivity index (χ4v) is 2.15. The molecule has 2 aromatic rings. The van der Waals surface area contributed by atoms with E-state index in [9.17, 15) is 8.42 Å². The van der Waals surface area contributed by atoms with E-state index in [1.807, 2.05) is 23.8 Å². The van der Waals surface area contributed by atoms with Gasteiger partial charge in [0.25, 0.3) is 9.05 Å². The van der Waals surface area contributed by atoms with Gasteiger partial charge in [-0.25, -0.2) is 13.4 Å². The van der Waals surface area contributed by atoms with E-state index in [1.54, 1.807) is 0 Å². The Morgan fingerprint density at radius 2 is 2.27 bits per heavy atom. The maximum atomic E-state index is 11.1. The van der Waals surface area contributed by atoms with Gasteiger partial charge in [0.2, 0.25) is 0 Å². The van der Waals surface area contributed by atoms with Crippen LogP contribution in [0.5, 0.6) is 0 Å². The molecular formula is C9H9ClN2O2S. The fourth-order valence-electron chi connectivity index (χ4n) is 1.45. The third kappa shape index (κ3) is 1.85. The average molecular weight is 245 g/mol. The number of rotatable bonds is 2. The Bertz CT molecular complexity index is 604. The summed E-state index contributed by atoms with van der Waals surface area (Å²) >= 11 is 0. The van der Waals surface area contributed by atoms with Gasteiger partial charge in [0.05, 0.1) is 0 Å².